The standard InChI is InChI=1S/C28H32O7/c29-16-23(30)24-25(32-17-20-10-4-1-5-11-20)26(33-18-21-12-6-2-7-13-21)27(28(31)35-24)34-19-22-14-8-3-9-15-22/h1-15,23-31H,16-19H2/t23-,24+,25+,26-,27+,28-/m0/s1. The van der Waals surface area contributed by atoms with E-state index < -0.39 is 43.4 Å². The van der Waals surface area contributed by atoms with Gasteiger partial charge in [-0.05, 0) is 16.7 Å². The molecule has 186 valence electrons. The smallest absolute Gasteiger partial charge is 0.184 e. The fourth-order valence-corrected chi connectivity index (χ4v) is 4.12. The second kappa shape index (κ2) is 12.9. The van der Waals surface area contributed by atoms with E-state index in [2.05, 4.69) is 0 Å². The van der Waals surface area contributed by atoms with Crippen LogP contribution in [-0.4, -0.2) is 58.7 Å². The zero-order valence-electron chi connectivity index (χ0n) is 19.4. The second-order valence-electron chi connectivity index (χ2n) is 8.52. The maximum absolute atomic E-state index is 10.9. The third-order valence-corrected chi connectivity index (χ3v) is 5.97. The Morgan fingerprint density at radius 2 is 1.03 bits per heavy atom. The first kappa shape index (κ1) is 25.5. The Balaban J connectivity index is 1.58. The van der Waals surface area contributed by atoms with Crippen LogP contribution < -0.4 is 0 Å². The molecule has 0 unspecified atom stereocenters. The lowest BCUT2D eigenvalue weighted by molar-refractivity contribution is -0.325. The lowest BCUT2D eigenvalue weighted by Crippen LogP contribution is -2.63. The molecule has 0 amide bonds. The SMILES string of the molecule is OC[C@H](O)[C@H]1O[C@H](O)[C@H](OCc2ccccc2)[C@@H](OCc2ccccc2)[C@@H]1OCc1ccccc1. The molecule has 1 saturated heterocycles. The van der Waals surface area contributed by atoms with Crippen LogP contribution in [0.3, 0.4) is 0 Å². The molecule has 7 heteroatoms. The summed E-state index contributed by atoms with van der Waals surface area (Å²) in [6, 6.07) is 28.8. The van der Waals surface area contributed by atoms with Crippen LogP contribution in [0.4, 0.5) is 0 Å². The molecule has 0 aromatic heterocycles. The summed E-state index contributed by atoms with van der Waals surface area (Å²) in [4.78, 5) is 0. The van der Waals surface area contributed by atoms with Gasteiger partial charge in [0.2, 0.25) is 0 Å². The van der Waals surface area contributed by atoms with Gasteiger partial charge in [0.1, 0.15) is 30.5 Å². The number of rotatable bonds is 11. The third-order valence-electron chi connectivity index (χ3n) is 5.97. The first-order chi connectivity index (χ1) is 17.2. The van der Waals surface area contributed by atoms with Gasteiger partial charge in [0, 0.05) is 0 Å². The minimum Gasteiger partial charge on any atom is -0.394 e. The zero-order chi connectivity index (χ0) is 24.5. The summed E-state index contributed by atoms with van der Waals surface area (Å²) in [5.41, 5.74) is 2.80. The molecule has 0 bridgehead atoms. The summed E-state index contributed by atoms with van der Waals surface area (Å²) < 4.78 is 24.3. The van der Waals surface area contributed by atoms with Crippen LogP contribution in [-0.2, 0) is 38.8 Å². The Morgan fingerprint density at radius 3 is 1.46 bits per heavy atom. The van der Waals surface area contributed by atoms with Crippen LogP contribution in [0, 0.1) is 0 Å². The van der Waals surface area contributed by atoms with E-state index in [9.17, 15) is 15.3 Å². The van der Waals surface area contributed by atoms with Crippen molar-refractivity contribution in [1.29, 1.82) is 0 Å². The minimum absolute atomic E-state index is 0.232. The number of hydrogen-bond donors (Lipinski definition) is 3. The molecule has 1 fully saturated rings. The minimum atomic E-state index is -1.39. The number of hydrogen-bond acceptors (Lipinski definition) is 7. The van der Waals surface area contributed by atoms with Crippen molar-refractivity contribution in [1.82, 2.24) is 0 Å². The van der Waals surface area contributed by atoms with E-state index in [0.717, 1.165) is 16.7 Å². The largest absolute Gasteiger partial charge is 0.394 e. The van der Waals surface area contributed by atoms with Crippen LogP contribution in [0.2, 0.25) is 0 Å². The molecule has 1 heterocycles. The van der Waals surface area contributed by atoms with Crippen molar-refractivity contribution in [3.63, 3.8) is 0 Å². The summed E-state index contributed by atoms with van der Waals surface area (Å²) >= 11 is 0. The van der Waals surface area contributed by atoms with E-state index in [0.29, 0.717) is 0 Å². The van der Waals surface area contributed by atoms with E-state index in [-0.39, 0.29) is 19.8 Å². The van der Waals surface area contributed by atoms with Crippen molar-refractivity contribution in [2.24, 2.45) is 0 Å². The van der Waals surface area contributed by atoms with Gasteiger partial charge in [-0.2, -0.15) is 0 Å². The zero-order valence-corrected chi connectivity index (χ0v) is 19.4. The number of aliphatic hydroxyl groups is 3. The molecule has 4 rings (SSSR count). The molecule has 3 aromatic rings. The summed E-state index contributed by atoms with van der Waals surface area (Å²) in [7, 11) is 0. The highest BCUT2D eigenvalue weighted by Crippen LogP contribution is 2.31. The highest BCUT2D eigenvalue weighted by molar-refractivity contribution is 5.15. The molecule has 1 aliphatic heterocycles. The first-order valence-corrected chi connectivity index (χ1v) is 11.7. The predicted octanol–water partition coefficient (Wildman–Crippen LogP) is 2.81. The molecule has 0 aliphatic carbocycles. The van der Waals surface area contributed by atoms with Crippen LogP contribution >= 0.6 is 0 Å². The monoisotopic (exact) mass is 480 g/mol. The maximum atomic E-state index is 10.9. The molecule has 3 aromatic carbocycles. The van der Waals surface area contributed by atoms with Crippen LogP contribution in [0.25, 0.3) is 0 Å². The Kier molecular flexibility index (Phi) is 9.39. The predicted molar refractivity (Wildman–Crippen MR) is 129 cm³/mol. The normalized spacial score (nSPS) is 25.3. The van der Waals surface area contributed by atoms with Crippen molar-refractivity contribution < 1.29 is 34.3 Å². The Hall–Kier alpha value is -2.62. The summed E-state index contributed by atoms with van der Waals surface area (Å²) in [5.74, 6) is 0. The van der Waals surface area contributed by atoms with Gasteiger partial charge in [0.15, 0.2) is 6.29 Å². The van der Waals surface area contributed by atoms with E-state index in [1.54, 1.807) is 0 Å². The Bertz CT molecular complexity index is 986. The molecular weight excluding hydrogens is 448 g/mol. The lowest BCUT2D eigenvalue weighted by atomic mass is 9.94. The van der Waals surface area contributed by atoms with Gasteiger partial charge in [-0.15, -0.1) is 0 Å². The van der Waals surface area contributed by atoms with Gasteiger partial charge in [-0.25, -0.2) is 0 Å². The molecule has 3 N–H and O–H groups in total. The van der Waals surface area contributed by atoms with Gasteiger partial charge < -0.3 is 34.3 Å². The maximum Gasteiger partial charge on any atom is 0.184 e. The average molecular weight is 481 g/mol. The molecule has 1 aliphatic rings. The number of ether oxygens (including phenoxy) is 4. The fourth-order valence-electron chi connectivity index (χ4n) is 4.12. The van der Waals surface area contributed by atoms with Crippen molar-refractivity contribution in [2.75, 3.05) is 6.61 Å². The summed E-state index contributed by atoms with van der Waals surface area (Å²) in [5, 5.41) is 31.0. The highest BCUT2D eigenvalue weighted by atomic mass is 16.7. The van der Waals surface area contributed by atoms with Gasteiger partial charge in [-0.3, -0.25) is 0 Å². The Morgan fingerprint density at radius 1 is 0.629 bits per heavy atom. The van der Waals surface area contributed by atoms with E-state index in [4.69, 9.17) is 18.9 Å². The lowest BCUT2D eigenvalue weighted by Gasteiger charge is -2.45. The van der Waals surface area contributed by atoms with Crippen LogP contribution in [0.15, 0.2) is 91.0 Å². The molecular formula is C28H32O7. The summed E-state index contributed by atoms with van der Waals surface area (Å²) in [6.07, 6.45) is -6.16. The van der Waals surface area contributed by atoms with Crippen molar-refractivity contribution in [2.45, 2.75) is 56.6 Å². The quantitative estimate of drug-likeness (QED) is 0.388. The van der Waals surface area contributed by atoms with Crippen LogP contribution in [0.5, 0.6) is 0 Å². The Labute approximate surface area is 205 Å². The van der Waals surface area contributed by atoms with Gasteiger partial charge in [-0.1, -0.05) is 91.0 Å². The molecule has 7 nitrogen and oxygen atoms in total. The van der Waals surface area contributed by atoms with E-state index >= 15 is 0 Å². The van der Waals surface area contributed by atoms with Crippen molar-refractivity contribution in [3.8, 4) is 0 Å². The molecule has 35 heavy (non-hydrogen) atoms. The summed E-state index contributed by atoms with van der Waals surface area (Å²) in [6.45, 7) is 0.159. The fraction of sp³-hybridized carbons (Fsp3) is 0.357. The van der Waals surface area contributed by atoms with Gasteiger partial charge in [0.25, 0.3) is 0 Å². The average Bonchev–Trinajstić information content (AvgIpc) is 2.91. The van der Waals surface area contributed by atoms with Gasteiger partial charge in [0.05, 0.1) is 26.4 Å². The molecule has 0 radical (unpaired) electrons. The van der Waals surface area contributed by atoms with Crippen LogP contribution in [0.1, 0.15) is 16.7 Å². The highest BCUT2D eigenvalue weighted by Gasteiger charge is 2.50. The van der Waals surface area contributed by atoms with E-state index in [1.807, 2.05) is 91.0 Å². The molecule has 6 atom stereocenters. The molecule has 0 saturated carbocycles. The number of benzene rings is 3. The topological polar surface area (TPSA) is 97.6 Å². The number of aliphatic hydroxyl groups excluding tert-OH is 3. The second-order valence-corrected chi connectivity index (χ2v) is 8.52. The van der Waals surface area contributed by atoms with Gasteiger partial charge >= 0.3 is 0 Å². The first-order valence-electron chi connectivity index (χ1n) is 11.7. The third kappa shape index (κ3) is 6.96. The van der Waals surface area contributed by atoms with Crippen molar-refractivity contribution in [3.05, 3.63) is 108 Å². The molecule has 0 spiro atoms. The van der Waals surface area contributed by atoms with Crippen molar-refractivity contribution >= 4 is 0 Å². The van der Waals surface area contributed by atoms with E-state index in [1.165, 1.54) is 0 Å².